The number of nitrogens with one attached hydrogen (secondary N) is 1. The summed E-state index contributed by atoms with van der Waals surface area (Å²) in [6, 6.07) is 15.8. The zero-order chi connectivity index (χ0) is 19.5. The average Bonchev–Trinajstić information content (AvgIpc) is 3.23. The molecule has 1 N–H and O–H groups in total. The smallest absolute Gasteiger partial charge is 0.216 e. The van der Waals surface area contributed by atoms with E-state index in [4.69, 9.17) is 17.0 Å². The lowest BCUT2D eigenvalue weighted by molar-refractivity contribution is 0.415. The number of methoxy groups -OCH3 is 1. The summed E-state index contributed by atoms with van der Waals surface area (Å²) in [7, 11) is 1.64. The lowest BCUT2D eigenvalue weighted by Crippen LogP contribution is -2.07. The van der Waals surface area contributed by atoms with Crippen LogP contribution in [-0.4, -0.2) is 37.7 Å². The second kappa shape index (κ2) is 7.77. The van der Waals surface area contributed by atoms with Gasteiger partial charge in [-0.1, -0.05) is 12.1 Å². The Balaban J connectivity index is 1.55. The molecule has 0 aliphatic rings. The number of benzene rings is 2. The van der Waals surface area contributed by atoms with E-state index in [1.54, 1.807) is 18.0 Å². The Morgan fingerprint density at radius 3 is 2.75 bits per heavy atom. The van der Waals surface area contributed by atoms with Crippen LogP contribution in [0.5, 0.6) is 5.75 Å². The van der Waals surface area contributed by atoms with Crippen molar-refractivity contribution < 1.29 is 4.74 Å². The molecule has 0 aliphatic heterocycles. The molecule has 0 saturated carbocycles. The highest BCUT2D eigenvalue weighted by Gasteiger charge is 2.10. The third kappa shape index (κ3) is 3.59. The van der Waals surface area contributed by atoms with Crippen LogP contribution < -0.4 is 4.74 Å². The number of fused-ring (bicyclic) bond motifs is 1. The van der Waals surface area contributed by atoms with Crippen LogP contribution in [0.3, 0.4) is 0 Å². The van der Waals surface area contributed by atoms with Gasteiger partial charge in [0.05, 0.1) is 24.4 Å². The molecular weight excluding hydrogens is 372 g/mol. The number of hydrogen-bond acceptors (Lipinski definition) is 5. The maximum absolute atomic E-state index is 5.34. The Hall–Kier alpha value is -3.26. The molecule has 28 heavy (non-hydrogen) atoms. The van der Waals surface area contributed by atoms with Crippen LogP contribution >= 0.6 is 12.2 Å². The van der Waals surface area contributed by atoms with Gasteiger partial charge in [0.2, 0.25) is 4.77 Å². The molecule has 0 unspecified atom stereocenters. The minimum atomic E-state index is 0.465. The zero-order valence-corrected chi connectivity index (χ0v) is 16.5. The predicted octanol–water partition coefficient (Wildman–Crippen LogP) is 3.73. The number of aromatic nitrogens is 5. The maximum atomic E-state index is 5.34. The highest BCUT2D eigenvalue weighted by Crippen LogP contribution is 2.16. The van der Waals surface area contributed by atoms with Crippen LogP contribution in [0, 0.1) is 11.7 Å². The van der Waals surface area contributed by atoms with E-state index in [0.29, 0.717) is 11.2 Å². The van der Waals surface area contributed by atoms with Crippen molar-refractivity contribution in [1.29, 1.82) is 0 Å². The molecule has 0 bridgehead atoms. The summed E-state index contributed by atoms with van der Waals surface area (Å²) in [6.07, 6.45) is 2.43. The summed E-state index contributed by atoms with van der Waals surface area (Å²) in [5.41, 5.74) is 3.06. The van der Waals surface area contributed by atoms with Crippen LogP contribution in [0.4, 0.5) is 0 Å². The van der Waals surface area contributed by atoms with Gasteiger partial charge >= 0.3 is 0 Å². The van der Waals surface area contributed by atoms with E-state index in [2.05, 4.69) is 30.9 Å². The summed E-state index contributed by atoms with van der Waals surface area (Å²) in [5, 5.41) is 11.7. The molecule has 0 atom stereocenters. The topological polar surface area (TPSA) is 73.0 Å². The third-order valence-electron chi connectivity index (χ3n) is 4.56. The monoisotopic (exact) mass is 392 g/mol. The van der Waals surface area contributed by atoms with Gasteiger partial charge in [-0.25, -0.2) is 4.98 Å². The Morgan fingerprint density at radius 2 is 1.96 bits per heavy atom. The highest BCUT2D eigenvalue weighted by atomic mass is 32.1. The van der Waals surface area contributed by atoms with Crippen LogP contribution in [0.1, 0.15) is 17.2 Å². The molecule has 0 saturated heterocycles. The number of aryl methyl sites for hydroxylation is 3. The van der Waals surface area contributed by atoms with Gasteiger partial charge in [-0.15, -0.1) is 0 Å². The molecule has 2 aromatic heterocycles. The second-order valence-corrected chi connectivity index (χ2v) is 6.71. The third-order valence-corrected chi connectivity index (χ3v) is 4.82. The summed E-state index contributed by atoms with van der Waals surface area (Å²) in [5.74, 6) is 2.55. The lowest BCUT2D eigenvalue weighted by Gasteiger charge is -2.06. The largest absolute Gasteiger partial charge is 0.497 e. The standard InChI is InChI=1S/C20H20N6OS/c1-14-22-17-5-3-4-6-18(17)25(14)12-11-19-23-24-20(28)26(19)21-13-15-7-9-16(27-2)10-8-15/h3-10,13H,11-12H2,1-2H3,(H,24,28). The Labute approximate surface area is 167 Å². The van der Waals surface area contributed by atoms with Gasteiger partial charge in [0.15, 0.2) is 5.82 Å². The van der Waals surface area contributed by atoms with Crippen molar-refractivity contribution in [3.05, 3.63) is 70.5 Å². The molecule has 0 spiro atoms. The molecule has 4 rings (SSSR count). The normalized spacial score (nSPS) is 11.5. The fourth-order valence-electron chi connectivity index (χ4n) is 3.11. The van der Waals surface area contributed by atoms with Crippen molar-refractivity contribution in [2.24, 2.45) is 5.10 Å². The van der Waals surface area contributed by atoms with E-state index < -0.39 is 0 Å². The summed E-state index contributed by atoms with van der Waals surface area (Å²) < 4.78 is 9.49. The van der Waals surface area contributed by atoms with Gasteiger partial charge in [-0.05, 0) is 61.1 Å². The summed E-state index contributed by atoms with van der Waals surface area (Å²) >= 11 is 5.34. The van der Waals surface area contributed by atoms with E-state index in [1.165, 1.54) is 0 Å². The number of imidazole rings is 1. The minimum Gasteiger partial charge on any atom is -0.497 e. The Bertz CT molecular complexity index is 1190. The number of para-hydroxylation sites is 2. The number of H-pyrrole nitrogens is 1. The van der Waals surface area contributed by atoms with Crippen molar-refractivity contribution in [2.45, 2.75) is 19.9 Å². The molecule has 4 aromatic rings. The molecule has 0 aliphatic carbocycles. The predicted molar refractivity (Wildman–Crippen MR) is 112 cm³/mol. The Morgan fingerprint density at radius 1 is 1.18 bits per heavy atom. The number of rotatable bonds is 6. The molecular formula is C20H20N6OS. The average molecular weight is 392 g/mol. The number of aromatic amines is 1. The number of hydrogen-bond donors (Lipinski definition) is 1. The number of nitrogens with zero attached hydrogens (tertiary/aromatic N) is 5. The van der Waals surface area contributed by atoms with Crippen molar-refractivity contribution in [1.82, 2.24) is 24.4 Å². The first kappa shape index (κ1) is 18.1. The van der Waals surface area contributed by atoms with Crippen LogP contribution in [0.25, 0.3) is 11.0 Å². The van der Waals surface area contributed by atoms with Crippen molar-refractivity contribution >= 4 is 29.5 Å². The maximum Gasteiger partial charge on any atom is 0.216 e. The SMILES string of the molecule is COc1ccc(C=Nn2c(CCn3c(C)nc4ccccc43)n[nH]c2=S)cc1. The molecule has 7 nitrogen and oxygen atoms in total. The van der Waals surface area contributed by atoms with Gasteiger partial charge < -0.3 is 9.30 Å². The molecule has 2 heterocycles. The van der Waals surface area contributed by atoms with Crippen LogP contribution in [-0.2, 0) is 13.0 Å². The van der Waals surface area contributed by atoms with Crippen molar-refractivity contribution in [3.63, 3.8) is 0 Å². The van der Waals surface area contributed by atoms with E-state index in [9.17, 15) is 0 Å². The first-order valence-electron chi connectivity index (χ1n) is 8.92. The van der Waals surface area contributed by atoms with Crippen LogP contribution in [0.2, 0.25) is 0 Å². The zero-order valence-electron chi connectivity index (χ0n) is 15.7. The van der Waals surface area contributed by atoms with Gasteiger partial charge in [0.1, 0.15) is 11.6 Å². The van der Waals surface area contributed by atoms with E-state index in [0.717, 1.165) is 40.5 Å². The van der Waals surface area contributed by atoms with Gasteiger partial charge in [-0.3, -0.25) is 5.10 Å². The van der Waals surface area contributed by atoms with Gasteiger partial charge in [0, 0.05) is 13.0 Å². The van der Waals surface area contributed by atoms with Crippen molar-refractivity contribution in [2.75, 3.05) is 7.11 Å². The quantitative estimate of drug-likeness (QED) is 0.401. The van der Waals surface area contributed by atoms with E-state index in [1.807, 2.05) is 49.4 Å². The first-order valence-corrected chi connectivity index (χ1v) is 9.33. The van der Waals surface area contributed by atoms with Gasteiger partial charge in [-0.2, -0.15) is 14.9 Å². The highest BCUT2D eigenvalue weighted by molar-refractivity contribution is 7.71. The second-order valence-electron chi connectivity index (χ2n) is 6.32. The lowest BCUT2D eigenvalue weighted by atomic mass is 10.2. The molecule has 0 amide bonds. The Kier molecular flexibility index (Phi) is 5.03. The molecule has 0 radical (unpaired) electrons. The van der Waals surface area contributed by atoms with E-state index >= 15 is 0 Å². The van der Waals surface area contributed by atoms with Crippen molar-refractivity contribution in [3.8, 4) is 5.75 Å². The molecule has 2 aromatic carbocycles. The number of ether oxygens (including phenoxy) is 1. The molecule has 142 valence electrons. The molecule has 0 fully saturated rings. The summed E-state index contributed by atoms with van der Waals surface area (Å²) in [6.45, 7) is 2.75. The van der Waals surface area contributed by atoms with E-state index in [-0.39, 0.29) is 0 Å². The fraction of sp³-hybridized carbons (Fsp3) is 0.200. The van der Waals surface area contributed by atoms with Gasteiger partial charge in [0.25, 0.3) is 0 Å². The minimum absolute atomic E-state index is 0.465. The first-order chi connectivity index (χ1) is 13.7. The fourth-order valence-corrected chi connectivity index (χ4v) is 3.31. The molecule has 8 heteroatoms. The van der Waals surface area contributed by atoms with Crippen LogP contribution in [0.15, 0.2) is 53.6 Å². The summed E-state index contributed by atoms with van der Waals surface area (Å²) in [4.78, 5) is 4.61.